The summed E-state index contributed by atoms with van der Waals surface area (Å²) in [5.74, 6) is 0. The van der Waals surface area contributed by atoms with Crippen LogP contribution in [0.1, 0.15) is 36.8 Å². The number of hydrogen-bond acceptors (Lipinski definition) is 3. The van der Waals surface area contributed by atoms with Crippen molar-refractivity contribution in [2.24, 2.45) is 4.99 Å². The molecule has 0 saturated carbocycles. The van der Waals surface area contributed by atoms with E-state index in [4.69, 9.17) is 5.26 Å². The highest BCUT2D eigenvalue weighted by molar-refractivity contribution is 7.13. The molecule has 2 aliphatic rings. The van der Waals surface area contributed by atoms with Crippen molar-refractivity contribution in [1.82, 2.24) is 4.67 Å². The first-order valence-corrected chi connectivity index (χ1v) is 7.22. The maximum Gasteiger partial charge on any atom is 0.0991 e. The Morgan fingerprint density at radius 3 is 2.63 bits per heavy atom. The molecule has 4 atom stereocenters. The van der Waals surface area contributed by atoms with Gasteiger partial charge in [0.15, 0.2) is 0 Å². The Labute approximate surface area is 116 Å². The Hall–Kier alpha value is -1.23. The lowest BCUT2D eigenvalue weighted by Gasteiger charge is -2.43. The van der Waals surface area contributed by atoms with Crippen LogP contribution in [0.3, 0.4) is 0 Å². The second-order valence-electron chi connectivity index (χ2n) is 5.62. The van der Waals surface area contributed by atoms with Gasteiger partial charge in [-0.1, -0.05) is 21.5 Å². The van der Waals surface area contributed by atoms with Gasteiger partial charge in [0.1, 0.15) is 0 Å². The number of piperidine rings is 1. The molecule has 0 spiro atoms. The van der Waals surface area contributed by atoms with Gasteiger partial charge in [-0.15, -0.1) is 0 Å². The summed E-state index contributed by atoms with van der Waals surface area (Å²) in [7, 11) is 2.87. The minimum atomic E-state index is -0.203. The van der Waals surface area contributed by atoms with Gasteiger partial charge in [-0.05, 0) is 50.1 Å². The molecule has 0 aliphatic carbocycles. The molecule has 2 heterocycles. The summed E-state index contributed by atoms with van der Waals surface area (Å²) in [5.41, 5.74) is 1.66. The second kappa shape index (κ2) is 4.71. The molecule has 1 aromatic carbocycles. The van der Waals surface area contributed by atoms with E-state index in [0.717, 1.165) is 18.4 Å². The van der Waals surface area contributed by atoms with Gasteiger partial charge in [0.2, 0.25) is 0 Å². The van der Waals surface area contributed by atoms with Crippen molar-refractivity contribution in [2.75, 3.05) is 0 Å². The summed E-state index contributed by atoms with van der Waals surface area (Å²) in [6.07, 6.45) is 4.49. The summed E-state index contributed by atoms with van der Waals surface area (Å²) in [5, 5.41) is 9.07. The second-order valence-corrected chi connectivity index (χ2v) is 6.22. The van der Waals surface area contributed by atoms with E-state index in [9.17, 15) is 0 Å². The Morgan fingerprint density at radius 2 is 2.05 bits per heavy atom. The van der Waals surface area contributed by atoms with E-state index < -0.39 is 0 Å². The number of aliphatic imine (C=N–C) groups is 1. The van der Waals surface area contributed by atoms with Crippen LogP contribution < -0.4 is 0 Å². The Morgan fingerprint density at radius 1 is 1.37 bits per heavy atom. The lowest BCUT2D eigenvalue weighted by atomic mass is 9.78. The van der Waals surface area contributed by atoms with Gasteiger partial charge in [0.25, 0.3) is 0 Å². The molecule has 98 valence electrons. The van der Waals surface area contributed by atoms with Crippen LogP contribution in [0.25, 0.3) is 0 Å². The standard InChI is InChI=1S/C15H18N3P/c1-17-15(12-4-2-3-11(7-12)10-16)8-13-5-6-14(9-15)18(13)19/h2-4,7,13-14H,1,5-6,8-9,19H2/t13-,14+,15?. The van der Waals surface area contributed by atoms with Crippen LogP contribution in [0.4, 0.5) is 0 Å². The maximum atomic E-state index is 9.07. The molecule has 0 aromatic heterocycles. The molecule has 2 aliphatic heterocycles. The van der Waals surface area contributed by atoms with E-state index in [1.54, 1.807) is 0 Å². The largest absolute Gasteiger partial charge is 0.289 e. The molecular weight excluding hydrogens is 253 g/mol. The lowest BCUT2D eigenvalue weighted by molar-refractivity contribution is 0.177. The normalized spacial score (nSPS) is 33.9. The minimum absolute atomic E-state index is 0.203. The van der Waals surface area contributed by atoms with Gasteiger partial charge < -0.3 is 0 Å². The van der Waals surface area contributed by atoms with Gasteiger partial charge in [-0.25, -0.2) is 0 Å². The molecule has 2 unspecified atom stereocenters. The third-order valence-electron chi connectivity index (χ3n) is 4.65. The third-order valence-corrected chi connectivity index (χ3v) is 5.50. The number of fused-ring (bicyclic) bond motifs is 2. The zero-order chi connectivity index (χ0) is 13.5. The summed E-state index contributed by atoms with van der Waals surface area (Å²) >= 11 is 0. The predicted octanol–water partition coefficient (Wildman–Crippen LogP) is 2.87. The van der Waals surface area contributed by atoms with Crippen LogP contribution in [0.2, 0.25) is 0 Å². The molecule has 3 rings (SSSR count). The SMILES string of the molecule is C=NC1(c2cccc(C#N)c2)C[C@H]2CC[C@@H](C1)N2P. The fraction of sp³-hybridized carbons (Fsp3) is 0.467. The lowest BCUT2D eigenvalue weighted by Crippen LogP contribution is -2.44. The molecule has 1 aromatic rings. The van der Waals surface area contributed by atoms with Crippen molar-refractivity contribution < 1.29 is 0 Å². The van der Waals surface area contributed by atoms with Crippen LogP contribution in [-0.4, -0.2) is 23.5 Å². The van der Waals surface area contributed by atoms with Gasteiger partial charge in [0, 0.05) is 12.1 Å². The van der Waals surface area contributed by atoms with Crippen LogP contribution in [0.5, 0.6) is 0 Å². The first-order valence-electron chi connectivity index (χ1n) is 6.70. The van der Waals surface area contributed by atoms with Crippen molar-refractivity contribution in [3.8, 4) is 6.07 Å². The summed E-state index contributed by atoms with van der Waals surface area (Å²) < 4.78 is 2.41. The van der Waals surface area contributed by atoms with Crippen LogP contribution >= 0.6 is 9.39 Å². The number of rotatable bonds is 2. The van der Waals surface area contributed by atoms with Crippen molar-refractivity contribution in [3.05, 3.63) is 35.4 Å². The van der Waals surface area contributed by atoms with Gasteiger partial charge in [-0.3, -0.25) is 9.66 Å². The minimum Gasteiger partial charge on any atom is -0.289 e. The highest BCUT2D eigenvalue weighted by atomic mass is 31.0. The van der Waals surface area contributed by atoms with Crippen molar-refractivity contribution >= 4 is 16.1 Å². The van der Waals surface area contributed by atoms with Crippen molar-refractivity contribution in [3.63, 3.8) is 0 Å². The van der Waals surface area contributed by atoms with Crippen molar-refractivity contribution in [1.29, 1.82) is 5.26 Å². The maximum absolute atomic E-state index is 9.07. The summed E-state index contributed by atoms with van der Waals surface area (Å²) in [6.45, 7) is 3.85. The van der Waals surface area contributed by atoms with E-state index in [2.05, 4.69) is 37.9 Å². The van der Waals surface area contributed by atoms with Gasteiger partial charge in [-0.2, -0.15) is 5.26 Å². The fourth-order valence-electron chi connectivity index (χ4n) is 3.59. The Kier molecular flexibility index (Phi) is 3.17. The van der Waals surface area contributed by atoms with E-state index >= 15 is 0 Å². The Balaban J connectivity index is 2.00. The average Bonchev–Trinajstić information content (AvgIpc) is 2.69. The molecule has 19 heavy (non-hydrogen) atoms. The van der Waals surface area contributed by atoms with Crippen LogP contribution in [0.15, 0.2) is 29.3 Å². The van der Waals surface area contributed by atoms with Crippen LogP contribution in [0, 0.1) is 11.3 Å². The zero-order valence-electron chi connectivity index (χ0n) is 10.9. The monoisotopic (exact) mass is 271 g/mol. The molecular formula is C15H18N3P. The third kappa shape index (κ3) is 2.00. The molecule has 0 radical (unpaired) electrons. The summed E-state index contributed by atoms with van der Waals surface area (Å²) in [6, 6.07) is 11.2. The molecule has 2 bridgehead atoms. The predicted molar refractivity (Wildman–Crippen MR) is 80.0 cm³/mol. The van der Waals surface area contributed by atoms with Gasteiger partial charge >= 0.3 is 0 Å². The van der Waals surface area contributed by atoms with Crippen molar-refractivity contribution in [2.45, 2.75) is 43.3 Å². The number of nitrogens with zero attached hydrogens (tertiary/aromatic N) is 3. The van der Waals surface area contributed by atoms with Gasteiger partial charge in [0.05, 0.1) is 17.2 Å². The fourth-order valence-corrected chi connectivity index (χ4v) is 4.10. The number of hydrogen-bond donors (Lipinski definition) is 0. The highest BCUT2D eigenvalue weighted by Gasteiger charge is 2.47. The van der Waals surface area contributed by atoms with E-state index in [1.807, 2.05) is 18.2 Å². The highest BCUT2D eigenvalue weighted by Crippen LogP contribution is 2.49. The Bertz CT molecular complexity index is 535. The molecule has 2 saturated heterocycles. The van der Waals surface area contributed by atoms with Crippen LogP contribution in [-0.2, 0) is 5.54 Å². The molecule has 3 nitrogen and oxygen atoms in total. The summed E-state index contributed by atoms with van der Waals surface area (Å²) in [4.78, 5) is 4.50. The molecule has 2 fully saturated rings. The zero-order valence-corrected chi connectivity index (χ0v) is 12.1. The van der Waals surface area contributed by atoms with E-state index in [1.165, 1.54) is 12.8 Å². The average molecular weight is 271 g/mol. The van der Waals surface area contributed by atoms with E-state index in [-0.39, 0.29) is 5.54 Å². The smallest absolute Gasteiger partial charge is 0.0991 e. The molecule has 0 amide bonds. The first kappa shape index (κ1) is 12.8. The quantitative estimate of drug-likeness (QED) is 0.613. The topological polar surface area (TPSA) is 39.4 Å². The number of nitriles is 1. The number of benzene rings is 1. The molecule has 4 heteroatoms. The molecule has 0 N–H and O–H groups in total. The van der Waals surface area contributed by atoms with E-state index in [0.29, 0.717) is 17.6 Å². The first-order chi connectivity index (χ1) is 9.18.